The van der Waals surface area contributed by atoms with E-state index in [1.54, 1.807) is 0 Å². The van der Waals surface area contributed by atoms with Crippen LogP contribution in [-0.4, -0.2) is 68.8 Å². The molecular formula is C20H35N4+. The number of nitrogens with zero attached hydrogens (tertiary/aromatic N) is 3. The van der Waals surface area contributed by atoms with Crippen molar-refractivity contribution in [3.63, 3.8) is 0 Å². The van der Waals surface area contributed by atoms with Gasteiger partial charge in [-0.25, -0.2) is 0 Å². The molecule has 0 saturated carbocycles. The molecule has 1 unspecified atom stereocenters. The van der Waals surface area contributed by atoms with Gasteiger partial charge in [0.2, 0.25) is 0 Å². The minimum atomic E-state index is 0.899. The molecule has 0 bridgehead atoms. The summed E-state index contributed by atoms with van der Waals surface area (Å²) >= 11 is 0. The molecule has 2 aliphatic heterocycles. The van der Waals surface area contributed by atoms with Crippen molar-refractivity contribution in [1.29, 1.82) is 0 Å². The second-order valence-electron chi connectivity index (χ2n) is 8.07. The fourth-order valence-corrected chi connectivity index (χ4v) is 4.25. The summed E-state index contributed by atoms with van der Waals surface area (Å²) in [5, 5.41) is 0. The van der Waals surface area contributed by atoms with Crippen molar-refractivity contribution in [2.75, 3.05) is 70.0 Å². The number of nitrogens with two attached hydrogens (primary N) is 1. The number of hydrogen-bond donors (Lipinski definition) is 1. The molecular weight excluding hydrogens is 296 g/mol. The zero-order chi connectivity index (χ0) is 17.0. The van der Waals surface area contributed by atoms with E-state index in [1.165, 1.54) is 87.2 Å². The first kappa shape index (κ1) is 17.6. The van der Waals surface area contributed by atoms with Crippen LogP contribution in [0.5, 0.6) is 0 Å². The molecule has 1 aromatic carbocycles. The van der Waals surface area contributed by atoms with E-state index in [0.29, 0.717) is 0 Å². The van der Waals surface area contributed by atoms with E-state index in [1.807, 2.05) is 0 Å². The third-order valence-corrected chi connectivity index (χ3v) is 6.03. The van der Waals surface area contributed by atoms with Crippen molar-refractivity contribution in [3.05, 3.63) is 23.8 Å². The van der Waals surface area contributed by atoms with Gasteiger partial charge < -0.3 is 20.0 Å². The number of benzene rings is 1. The molecule has 4 nitrogen and oxygen atoms in total. The predicted molar refractivity (Wildman–Crippen MR) is 103 cm³/mol. The van der Waals surface area contributed by atoms with E-state index in [9.17, 15) is 0 Å². The van der Waals surface area contributed by atoms with Gasteiger partial charge in [0.05, 0.1) is 33.2 Å². The maximum atomic E-state index is 5.97. The Morgan fingerprint density at radius 1 is 1.04 bits per heavy atom. The number of quaternary nitrogens is 1. The summed E-state index contributed by atoms with van der Waals surface area (Å²) in [5.41, 5.74) is 9.41. The van der Waals surface area contributed by atoms with Gasteiger partial charge in [0.25, 0.3) is 0 Å². The Morgan fingerprint density at radius 2 is 1.83 bits per heavy atom. The molecule has 0 amide bonds. The molecule has 2 heterocycles. The highest BCUT2D eigenvalue weighted by Crippen LogP contribution is 2.23. The minimum Gasteiger partial charge on any atom is -0.399 e. The molecule has 24 heavy (non-hydrogen) atoms. The normalized spacial score (nSPS) is 25.8. The highest BCUT2D eigenvalue weighted by molar-refractivity contribution is 5.58. The SMILES string of the molecule is Cc1cc(N2CCC[N+](C)(CCCN3CCCC3)CC2)ccc1N. The molecule has 2 saturated heterocycles. The quantitative estimate of drug-likeness (QED) is 0.665. The van der Waals surface area contributed by atoms with Crippen LogP contribution in [0, 0.1) is 6.92 Å². The monoisotopic (exact) mass is 331 g/mol. The van der Waals surface area contributed by atoms with Gasteiger partial charge in [0.1, 0.15) is 0 Å². The number of anilines is 2. The highest BCUT2D eigenvalue weighted by atomic mass is 15.4. The lowest BCUT2D eigenvalue weighted by Crippen LogP contribution is -2.48. The molecule has 1 aromatic rings. The van der Waals surface area contributed by atoms with Crippen molar-refractivity contribution in [3.8, 4) is 0 Å². The first-order valence-corrected chi connectivity index (χ1v) is 9.73. The summed E-state index contributed by atoms with van der Waals surface area (Å²) in [6, 6.07) is 6.49. The van der Waals surface area contributed by atoms with Crippen LogP contribution >= 0.6 is 0 Å². The van der Waals surface area contributed by atoms with Crippen LogP contribution in [0.4, 0.5) is 11.4 Å². The third kappa shape index (κ3) is 4.42. The maximum absolute atomic E-state index is 5.97. The lowest BCUT2D eigenvalue weighted by atomic mass is 10.1. The molecule has 4 heteroatoms. The Morgan fingerprint density at radius 3 is 2.58 bits per heavy atom. The molecule has 3 rings (SSSR count). The molecule has 0 aliphatic carbocycles. The van der Waals surface area contributed by atoms with Crippen molar-refractivity contribution in [2.24, 2.45) is 0 Å². The summed E-state index contributed by atoms with van der Waals surface area (Å²) in [6.07, 6.45) is 5.44. The van der Waals surface area contributed by atoms with Gasteiger partial charge in [0, 0.05) is 37.3 Å². The van der Waals surface area contributed by atoms with E-state index in [4.69, 9.17) is 5.73 Å². The van der Waals surface area contributed by atoms with Gasteiger partial charge in [-0.2, -0.15) is 0 Å². The molecule has 2 fully saturated rings. The minimum absolute atomic E-state index is 0.899. The first-order chi connectivity index (χ1) is 11.6. The molecule has 0 radical (unpaired) electrons. The van der Waals surface area contributed by atoms with Crippen molar-refractivity contribution < 1.29 is 4.48 Å². The summed E-state index contributed by atoms with van der Waals surface area (Å²) in [4.78, 5) is 5.20. The van der Waals surface area contributed by atoms with E-state index < -0.39 is 0 Å². The van der Waals surface area contributed by atoms with Crippen molar-refractivity contribution in [2.45, 2.75) is 32.6 Å². The molecule has 134 valence electrons. The lowest BCUT2D eigenvalue weighted by molar-refractivity contribution is -0.907. The smallest absolute Gasteiger partial charge is 0.0962 e. The second kappa shape index (κ2) is 7.75. The lowest BCUT2D eigenvalue weighted by Gasteiger charge is -2.34. The Kier molecular flexibility index (Phi) is 5.67. The number of likely N-dealkylation sites (tertiary alicyclic amines) is 1. The van der Waals surface area contributed by atoms with Gasteiger partial charge in [-0.15, -0.1) is 0 Å². The third-order valence-electron chi connectivity index (χ3n) is 6.03. The van der Waals surface area contributed by atoms with E-state index in [2.05, 4.69) is 42.0 Å². The summed E-state index contributed by atoms with van der Waals surface area (Å²) < 4.78 is 1.23. The molecule has 0 spiro atoms. The number of nitrogen functional groups attached to an aromatic ring is 1. The van der Waals surface area contributed by atoms with Gasteiger partial charge in [-0.05, 0) is 56.6 Å². The molecule has 0 aromatic heterocycles. The Labute approximate surface area is 147 Å². The van der Waals surface area contributed by atoms with Crippen molar-refractivity contribution >= 4 is 11.4 Å². The number of hydrogen-bond acceptors (Lipinski definition) is 3. The fraction of sp³-hybridized carbons (Fsp3) is 0.700. The molecule has 2 aliphatic rings. The van der Waals surface area contributed by atoms with E-state index in [0.717, 1.165) is 12.2 Å². The topological polar surface area (TPSA) is 32.5 Å². The van der Waals surface area contributed by atoms with Crippen LogP contribution < -0.4 is 10.6 Å². The Bertz CT molecular complexity index is 538. The molecule has 2 N–H and O–H groups in total. The standard InChI is InChI=1S/C20H35N4/c1-18-17-19(7-8-20(18)21)23-12-6-15-24(2,16-13-23)14-5-11-22-9-3-4-10-22/h7-8,17H,3-6,9-16,21H2,1-2H3/q+1. The van der Waals surface area contributed by atoms with Gasteiger partial charge in [-0.1, -0.05) is 0 Å². The zero-order valence-corrected chi connectivity index (χ0v) is 15.6. The maximum Gasteiger partial charge on any atom is 0.0962 e. The number of aryl methyl sites for hydroxylation is 1. The first-order valence-electron chi connectivity index (χ1n) is 9.73. The van der Waals surface area contributed by atoms with Gasteiger partial charge in [0.15, 0.2) is 0 Å². The zero-order valence-electron chi connectivity index (χ0n) is 15.6. The summed E-state index contributed by atoms with van der Waals surface area (Å²) in [5.74, 6) is 0. The number of rotatable bonds is 5. The summed E-state index contributed by atoms with van der Waals surface area (Å²) in [6.45, 7) is 12.3. The fourth-order valence-electron chi connectivity index (χ4n) is 4.25. The van der Waals surface area contributed by atoms with Crippen LogP contribution in [0.15, 0.2) is 18.2 Å². The number of likely N-dealkylation sites (N-methyl/N-ethyl adjacent to an activating group) is 1. The van der Waals surface area contributed by atoms with Gasteiger partial charge >= 0.3 is 0 Å². The van der Waals surface area contributed by atoms with Crippen LogP contribution in [0.3, 0.4) is 0 Å². The van der Waals surface area contributed by atoms with Crippen LogP contribution in [-0.2, 0) is 0 Å². The summed E-state index contributed by atoms with van der Waals surface area (Å²) in [7, 11) is 2.46. The Hall–Kier alpha value is -1.26. The van der Waals surface area contributed by atoms with Crippen LogP contribution in [0.2, 0.25) is 0 Å². The Balaban J connectivity index is 1.52. The predicted octanol–water partition coefficient (Wildman–Crippen LogP) is 2.72. The van der Waals surface area contributed by atoms with Gasteiger partial charge in [-0.3, -0.25) is 0 Å². The van der Waals surface area contributed by atoms with Crippen LogP contribution in [0.1, 0.15) is 31.2 Å². The largest absolute Gasteiger partial charge is 0.399 e. The van der Waals surface area contributed by atoms with Crippen LogP contribution in [0.25, 0.3) is 0 Å². The average molecular weight is 332 g/mol. The molecule has 1 atom stereocenters. The second-order valence-corrected chi connectivity index (χ2v) is 8.07. The van der Waals surface area contributed by atoms with Crippen molar-refractivity contribution in [1.82, 2.24) is 4.90 Å². The average Bonchev–Trinajstić information content (AvgIpc) is 2.99. The van der Waals surface area contributed by atoms with E-state index >= 15 is 0 Å². The van der Waals surface area contributed by atoms with E-state index in [-0.39, 0.29) is 0 Å². The highest BCUT2D eigenvalue weighted by Gasteiger charge is 2.26.